The molecule has 0 saturated carbocycles. The van der Waals surface area contributed by atoms with Crippen LogP contribution in [0.2, 0.25) is 0 Å². The lowest BCUT2D eigenvalue weighted by Gasteiger charge is -2.20. The first-order chi connectivity index (χ1) is 4.86. The molecule has 0 aliphatic carbocycles. The van der Waals surface area contributed by atoms with E-state index in [1.807, 2.05) is 6.08 Å². The number of hydrogen-bond donors (Lipinski definition) is 2. The number of carbonyl (C=O) groups is 1. The zero-order valence-corrected chi connectivity index (χ0v) is 5.29. The van der Waals surface area contributed by atoms with Crippen LogP contribution >= 0.6 is 0 Å². The molecule has 2 aliphatic rings. The van der Waals surface area contributed by atoms with E-state index in [1.54, 1.807) is 11.2 Å². The van der Waals surface area contributed by atoms with E-state index in [1.165, 1.54) is 6.08 Å². The average Bonchev–Trinajstić information content (AvgIpc) is 2.33. The molecule has 0 fully saturated rings. The third kappa shape index (κ3) is 0.698. The fourth-order valence-electron chi connectivity index (χ4n) is 0.979. The van der Waals surface area contributed by atoms with E-state index < -0.39 is 0 Å². The van der Waals surface area contributed by atoms with Crippen molar-refractivity contribution in [2.24, 2.45) is 0 Å². The van der Waals surface area contributed by atoms with Crippen LogP contribution in [0.5, 0.6) is 0 Å². The standard InChI is InChI=1S/C6H7N3O/c10-6-2-4-9-5(8-6)1-3-7-9/h1-2,4,7H,3H2,(H,8,10). The van der Waals surface area contributed by atoms with Gasteiger partial charge >= 0.3 is 0 Å². The maximum Gasteiger partial charge on any atom is 0.251 e. The Labute approximate surface area is 58.2 Å². The summed E-state index contributed by atoms with van der Waals surface area (Å²) in [6, 6.07) is 0. The second-order valence-corrected chi connectivity index (χ2v) is 2.13. The summed E-state index contributed by atoms with van der Waals surface area (Å²) in [7, 11) is 0. The summed E-state index contributed by atoms with van der Waals surface area (Å²) in [6.07, 6.45) is 5.11. The highest BCUT2D eigenvalue weighted by Crippen LogP contribution is 2.07. The predicted molar refractivity (Wildman–Crippen MR) is 35.2 cm³/mol. The van der Waals surface area contributed by atoms with Crippen molar-refractivity contribution in [2.75, 3.05) is 6.54 Å². The molecular weight excluding hydrogens is 130 g/mol. The van der Waals surface area contributed by atoms with Gasteiger partial charge in [0.2, 0.25) is 0 Å². The highest BCUT2D eigenvalue weighted by molar-refractivity contribution is 5.89. The molecule has 0 aromatic heterocycles. The van der Waals surface area contributed by atoms with E-state index in [0.717, 1.165) is 12.4 Å². The van der Waals surface area contributed by atoms with E-state index >= 15 is 0 Å². The Morgan fingerprint density at radius 2 is 2.50 bits per heavy atom. The summed E-state index contributed by atoms with van der Waals surface area (Å²) in [5.41, 5.74) is 3.02. The molecule has 0 spiro atoms. The quantitative estimate of drug-likeness (QED) is 0.463. The van der Waals surface area contributed by atoms with Gasteiger partial charge in [-0.15, -0.1) is 0 Å². The molecule has 2 rings (SSSR count). The second kappa shape index (κ2) is 1.85. The first kappa shape index (κ1) is 5.49. The molecule has 2 aliphatic heterocycles. The van der Waals surface area contributed by atoms with E-state index in [9.17, 15) is 4.79 Å². The third-order valence-corrected chi connectivity index (χ3v) is 1.44. The number of fused-ring (bicyclic) bond motifs is 1. The van der Waals surface area contributed by atoms with Gasteiger partial charge in [0.1, 0.15) is 5.82 Å². The Bertz CT molecular complexity index is 231. The van der Waals surface area contributed by atoms with E-state index in [-0.39, 0.29) is 5.91 Å². The molecule has 0 saturated heterocycles. The Morgan fingerprint density at radius 1 is 1.60 bits per heavy atom. The molecule has 0 aromatic carbocycles. The van der Waals surface area contributed by atoms with Crippen LogP contribution in [0.15, 0.2) is 24.2 Å². The molecule has 2 heterocycles. The summed E-state index contributed by atoms with van der Waals surface area (Å²) in [6.45, 7) is 0.778. The Hall–Kier alpha value is -1.29. The van der Waals surface area contributed by atoms with Crippen LogP contribution in [0, 0.1) is 0 Å². The molecule has 2 N–H and O–H groups in total. The first-order valence-corrected chi connectivity index (χ1v) is 3.08. The SMILES string of the molecule is O=C1C=CN2NCC=C2N1. The van der Waals surface area contributed by atoms with E-state index in [4.69, 9.17) is 0 Å². The van der Waals surface area contributed by atoms with Crippen molar-refractivity contribution in [3.8, 4) is 0 Å². The van der Waals surface area contributed by atoms with Crippen molar-refractivity contribution < 1.29 is 4.79 Å². The maximum absolute atomic E-state index is 10.7. The monoisotopic (exact) mass is 137 g/mol. The zero-order valence-electron chi connectivity index (χ0n) is 5.29. The molecule has 52 valence electrons. The van der Waals surface area contributed by atoms with Gasteiger partial charge in [0, 0.05) is 18.8 Å². The van der Waals surface area contributed by atoms with Crippen LogP contribution in [-0.4, -0.2) is 17.5 Å². The number of amides is 1. The molecule has 0 radical (unpaired) electrons. The summed E-state index contributed by atoms with van der Waals surface area (Å²) >= 11 is 0. The summed E-state index contributed by atoms with van der Waals surface area (Å²) in [4.78, 5) is 10.7. The Balaban J connectivity index is 2.29. The van der Waals surface area contributed by atoms with Gasteiger partial charge in [0.05, 0.1) is 0 Å². The molecular formula is C6H7N3O. The fraction of sp³-hybridized carbons (Fsp3) is 0.167. The van der Waals surface area contributed by atoms with Gasteiger partial charge in [-0.1, -0.05) is 0 Å². The Kier molecular flexibility index (Phi) is 1.01. The maximum atomic E-state index is 10.7. The van der Waals surface area contributed by atoms with Gasteiger partial charge in [0.25, 0.3) is 5.91 Å². The van der Waals surface area contributed by atoms with Crippen LogP contribution in [0.25, 0.3) is 0 Å². The van der Waals surface area contributed by atoms with Crippen molar-refractivity contribution in [3.63, 3.8) is 0 Å². The normalized spacial score (nSPS) is 22.2. The number of rotatable bonds is 0. The van der Waals surface area contributed by atoms with Crippen LogP contribution < -0.4 is 10.7 Å². The number of nitrogens with zero attached hydrogens (tertiary/aromatic N) is 1. The number of nitrogens with one attached hydrogen (secondary N) is 2. The summed E-state index contributed by atoms with van der Waals surface area (Å²) < 4.78 is 0. The predicted octanol–water partition coefficient (Wildman–Crippen LogP) is -0.709. The van der Waals surface area contributed by atoms with Gasteiger partial charge in [-0.2, -0.15) is 0 Å². The van der Waals surface area contributed by atoms with Gasteiger partial charge < -0.3 is 5.32 Å². The molecule has 0 unspecified atom stereocenters. The van der Waals surface area contributed by atoms with Crippen molar-refractivity contribution in [1.82, 2.24) is 15.8 Å². The number of hydrazine groups is 1. The minimum atomic E-state index is -0.0637. The van der Waals surface area contributed by atoms with Gasteiger partial charge in [-0.3, -0.25) is 9.80 Å². The van der Waals surface area contributed by atoms with Gasteiger partial charge in [-0.25, -0.2) is 5.43 Å². The van der Waals surface area contributed by atoms with E-state index in [2.05, 4.69) is 10.7 Å². The van der Waals surface area contributed by atoms with Crippen LogP contribution in [-0.2, 0) is 4.79 Å². The summed E-state index contributed by atoms with van der Waals surface area (Å²) in [5, 5.41) is 4.46. The molecule has 1 amide bonds. The molecule has 10 heavy (non-hydrogen) atoms. The molecule has 0 bridgehead atoms. The average molecular weight is 137 g/mol. The first-order valence-electron chi connectivity index (χ1n) is 3.08. The minimum absolute atomic E-state index is 0.0637. The smallest absolute Gasteiger partial charge is 0.251 e. The van der Waals surface area contributed by atoms with Gasteiger partial charge in [-0.05, 0) is 6.08 Å². The molecule has 0 atom stereocenters. The molecule has 4 nitrogen and oxygen atoms in total. The lowest BCUT2D eigenvalue weighted by molar-refractivity contribution is -0.116. The largest absolute Gasteiger partial charge is 0.308 e. The topological polar surface area (TPSA) is 44.4 Å². The van der Waals surface area contributed by atoms with Crippen LogP contribution in [0.3, 0.4) is 0 Å². The van der Waals surface area contributed by atoms with Crippen molar-refractivity contribution >= 4 is 5.91 Å². The third-order valence-electron chi connectivity index (χ3n) is 1.44. The fourth-order valence-corrected chi connectivity index (χ4v) is 0.979. The Morgan fingerprint density at radius 3 is 3.40 bits per heavy atom. The highest BCUT2D eigenvalue weighted by atomic mass is 16.1. The summed E-state index contributed by atoms with van der Waals surface area (Å²) in [5.74, 6) is 0.763. The lowest BCUT2D eigenvalue weighted by Crippen LogP contribution is -2.38. The molecule has 4 heteroatoms. The number of carbonyl (C=O) groups excluding carboxylic acids is 1. The van der Waals surface area contributed by atoms with Crippen molar-refractivity contribution in [1.29, 1.82) is 0 Å². The van der Waals surface area contributed by atoms with Crippen LogP contribution in [0.4, 0.5) is 0 Å². The van der Waals surface area contributed by atoms with Crippen molar-refractivity contribution in [3.05, 3.63) is 24.2 Å². The zero-order chi connectivity index (χ0) is 6.97. The highest BCUT2D eigenvalue weighted by Gasteiger charge is 2.17. The number of hydrogen-bond acceptors (Lipinski definition) is 3. The van der Waals surface area contributed by atoms with Gasteiger partial charge in [0.15, 0.2) is 0 Å². The van der Waals surface area contributed by atoms with E-state index in [0.29, 0.717) is 0 Å². The second-order valence-electron chi connectivity index (χ2n) is 2.13. The van der Waals surface area contributed by atoms with Crippen LogP contribution in [0.1, 0.15) is 0 Å². The van der Waals surface area contributed by atoms with Crippen molar-refractivity contribution in [2.45, 2.75) is 0 Å². The lowest BCUT2D eigenvalue weighted by atomic mass is 10.4. The minimum Gasteiger partial charge on any atom is -0.308 e. The molecule has 0 aromatic rings.